The lowest BCUT2D eigenvalue weighted by Crippen LogP contribution is -2.04. The first-order valence-electron chi connectivity index (χ1n) is 3.47. The molecule has 0 bridgehead atoms. The van der Waals surface area contributed by atoms with Gasteiger partial charge in [-0.15, -0.1) is 0 Å². The molecule has 1 heterocycles. The number of fused-ring (bicyclic) bond motifs is 1. The van der Waals surface area contributed by atoms with Gasteiger partial charge >= 0.3 is 9.24 Å². The molecule has 0 aliphatic heterocycles. The van der Waals surface area contributed by atoms with E-state index in [0.29, 0.717) is 5.52 Å². The molecule has 6 heteroatoms. The molecule has 0 saturated carbocycles. The lowest BCUT2D eigenvalue weighted by atomic mass is 10.3. The molecular weight excluding hydrogens is 212 g/mol. The van der Waals surface area contributed by atoms with E-state index in [1.54, 1.807) is 24.3 Å². The average Bonchev–Trinajstić information content (AvgIpc) is 2.45. The third-order valence-electron chi connectivity index (χ3n) is 1.62. The zero-order valence-corrected chi connectivity index (χ0v) is 7.96. The minimum atomic E-state index is -3.79. The van der Waals surface area contributed by atoms with Gasteiger partial charge in [-0.25, -0.2) is 0 Å². The fourth-order valence-electron chi connectivity index (χ4n) is 1.05. The smallest absolute Gasteiger partial charge is 0.187 e. The Morgan fingerprint density at radius 2 is 2.00 bits per heavy atom. The molecule has 1 aromatic heterocycles. The molecule has 2 rings (SSSR count). The van der Waals surface area contributed by atoms with Crippen LogP contribution in [0.4, 0.5) is 0 Å². The van der Waals surface area contributed by atoms with Gasteiger partial charge in [0.1, 0.15) is 0 Å². The lowest BCUT2D eigenvalue weighted by molar-refractivity contribution is 0.595. The number of hydrogen-bond acceptors (Lipinski definition) is 3. The predicted molar refractivity (Wildman–Crippen MR) is 49.9 cm³/mol. The molecule has 0 fully saturated rings. The molecule has 0 saturated heterocycles. The number of aromatic nitrogens is 2. The third-order valence-corrected chi connectivity index (χ3v) is 2.67. The standard InChI is InChI=1S/C7H5ClN2O2S/c8-13(11,12)10-5-6-3-1-2-4-7(6)9-10/h1-5H. The summed E-state index contributed by atoms with van der Waals surface area (Å²) in [7, 11) is 1.32. The van der Waals surface area contributed by atoms with Crippen LogP contribution in [-0.2, 0) is 9.24 Å². The second kappa shape index (κ2) is 2.71. The molecule has 13 heavy (non-hydrogen) atoms. The van der Waals surface area contributed by atoms with Crippen molar-refractivity contribution >= 4 is 30.8 Å². The fourth-order valence-corrected chi connectivity index (χ4v) is 1.69. The van der Waals surface area contributed by atoms with Gasteiger partial charge < -0.3 is 0 Å². The number of nitrogens with zero attached hydrogens (tertiary/aromatic N) is 2. The van der Waals surface area contributed by atoms with E-state index < -0.39 is 9.24 Å². The van der Waals surface area contributed by atoms with Gasteiger partial charge in [-0.05, 0) is 6.07 Å². The average molecular weight is 217 g/mol. The maximum Gasteiger partial charge on any atom is 0.340 e. The molecule has 0 amide bonds. The highest BCUT2D eigenvalue weighted by Crippen LogP contribution is 2.13. The largest absolute Gasteiger partial charge is 0.340 e. The van der Waals surface area contributed by atoms with Gasteiger partial charge in [0.05, 0.1) is 11.7 Å². The molecule has 1 aromatic carbocycles. The number of benzene rings is 1. The van der Waals surface area contributed by atoms with E-state index in [1.807, 2.05) is 0 Å². The van der Waals surface area contributed by atoms with E-state index >= 15 is 0 Å². The zero-order valence-electron chi connectivity index (χ0n) is 6.38. The third kappa shape index (κ3) is 1.52. The molecular formula is C7H5ClN2O2S. The maximum absolute atomic E-state index is 10.9. The molecule has 0 aliphatic rings. The number of hydrogen-bond donors (Lipinski definition) is 0. The first-order valence-corrected chi connectivity index (χ1v) is 5.73. The van der Waals surface area contributed by atoms with Crippen molar-refractivity contribution in [3.8, 4) is 0 Å². The highest BCUT2D eigenvalue weighted by Gasteiger charge is 2.10. The van der Waals surface area contributed by atoms with Gasteiger partial charge in [-0.3, -0.25) is 0 Å². The van der Waals surface area contributed by atoms with Gasteiger partial charge in [0.25, 0.3) is 0 Å². The molecule has 68 valence electrons. The quantitative estimate of drug-likeness (QED) is 0.677. The van der Waals surface area contributed by atoms with Crippen molar-refractivity contribution < 1.29 is 8.42 Å². The molecule has 2 aromatic rings. The van der Waals surface area contributed by atoms with E-state index in [-0.39, 0.29) is 0 Å². The molecule has 0 atom stereocenters. The van der Waals surface area contributed by atoms with Crippen molar-refractivity contribution in [2.24, 2.45) is 0 Å². The Labute approximate surface area is 79.3 Å². The van der Waals surface area contributed by atoms with Gasteiger partial charge in [0.2, 0.25) is 0 Å². The Hall–Kier alpha value is -1.07. The fraction of sp³-hybridized carbons (Fsp3) is 0. The summed E-state index contributed by atoms with van der Waals surface area (Å²) in [6, 6.07) is 7.06. The summed E-state index contributed by atoms with van der Waals surface area (Å²) in [5.41, 5.74) is 0.603. The summed E-state index contributed by atoms with van der Waals surface area (Å²) in [4.78, 5) is 0. The molecule has 0 aliphatic carbocycles. The minimum Gasteiger partial charge on any atom is -0.187 e. The van der Waals surface area contributed by atoms with E-state index in [4.69, 9.17) is 10.7 Å². The van der Waals surface area contributed by atoms with Crippen LogP contribution in [0.2, 0.25) is 0 Å². The first-order chi connectivity index (χ1) is 6.07. The Bertz CT molecular complexity index is 513. The van der Waals surface area contributed by atoms with E-state index in [2.05, 4.69) is 5.10 Å². The lowest BCUT2D eigenvalue weighted by Gasteiger charge is -1.89. The molecule has 4 nitrogen and oxygen atoms in total. The summed E-state index contributed by atoms with van der Waals surface area (Å²) < 4.78 is 22.5. The highest BCUT2D eigenvalue weighted by atomic mass is 35.7. The van der Waals surface area contributed by atoms with Crippen molar-refractivity contribution in [1.29, 1.82) is 0 Å². The van der Waals surface area contributed by atoms with Crippen molar-refractivity contribution in [2.45, 2.75) is 0 Å². The molecule has 0 spiro atoms. The summed E-state index contributed by atoms with van der Waals surface area (Å²) in [5.74, 6) is 0. The van der Waals surface area contributed by atoms with Crippen LogP contribution in [0.25, 0.3) is 10.9 Å². The van der Waals surface area contributed by atoms with Crippen LogP contribution in [0.3, 0.4) is 0 Å². The summed E-state index contributed by atoms with van der Waals surface area (Å²) >= 11 is 0. The highest BCUT2D eigenvalue weighted by molar-refractivity contribution is 8.12. The SMILES string of the molecule is O=S(=O)(Cl)n1cc2ccccc2n1. The van der Waals surface area contributed by atoms with Crippen molar-refractivity contribution in [1.82, 2.24) is 9.19 Å². The monoisotopic (exact) mass is 216 g/mol. The maximum atomic E-state index is 10.9. The van der Waals surface area contributed by atoms with Crippen molar-refractivity contribution in [2.75, 3.05) is 0 Å². The van der Waals surface area contributed by atoms with Crippen LogP contribution < -0.4 is 0 Å². The van der Waals surface area contributed by atoms with Crippen LogP contribution in [0.5, 0.6) is 0 Å². The normalized spacial score (nSPS) is 12.1. The number of halogens is 1. The summed E-state index contributed by atoms with van der Waals surface area (Å²) in [6.07, 6.45) is 1.37. The van der Waals surface area contributed by atoms with Crippen LogP contribution in [0.15, 0.2) is 30.5 Å². The van der Waals surface area contributed by atoms with Crippen LogP contribution in [0.1, 0.15) is 0 Å². The van der Waals surface area contributed by atoms with Gasteiger partial charge in [0.15, 0.2) is 0 Å². The van der Waals surface area contributed by atoms with Gasteiger partial charge in [-0.2, -0.15) is 17.6 Å². The van der Waals surface area contributed by atoms with E-state index in [0.717, 1.165) is 9.47 Å². The molecule has 0 radical (unpaired) electrons. The number of rotatable bonds is 1. The second-order valence-corrected chi connectivity index (χ2v) is 4.87. The Balaban J connectivity index is 2.77. The van der Waals surface area contributed by atoms with E-state index in [1.165, 1.54) is 6.20 Å². The topological polar surface area (TPSA) is 52.0 Å². The molecule has 0 N–H and O–H groups in total. The first kappa shape index (κ1) is 8.52. The zero-order chi connectivity index (χ0) is 9.47. The van der Waals surface area contributed by atoms with Crippen LogP contribution in [0, 0.1) is 0 Å². The van der Waals surface area contributed by atoms with E-state index in [9.17, 15) is 8.42 Å². The Morgan fingerprint density at radius 3 is 2.62 bits per heavy atom. The summed E-state index contributed by atoms with van der Waals surface area (Å²) in [5, 5.41) is 4.52. The van der Waals surface area contributed by atoms with Gasteiger partial charge in [-0.1, -0.05) is 18.2 Å². The van der Waals surface area contributed by atoms with Crippen molar-refractivity contribution in [3.63, 3.8) is 0 Å². The van der Waals surface area contributed by atoms with Crippen LogP contribution >= 0.6 is 10.7 Å². The van der Waals surface area contributed by atoms with Crippen molar-refractivity contribution in [3.05, 3.63) is 30.5 Å². The summed E-state index contributed by atoms with van der Waals surface area (Å²) in [6.45, 7) is 0. The molecule has 0 unspecified atom stereocenters. The second-order valence-electron chi connectivity index (χ2n) is 2.50. The Kier molecular flexibility index (Phi) is 1.78. The Morgan fingerprint density at radius 1 is 1.31 bits per heavy atom. The minimum absolute atomic E-state index is 0.603. The predicted octanol–water partition coefficient (Wildman–Crippen LogP) is 1.37. The van der Waals surface area contributed by atoms with Crippen LogP contribution in [-0.4, -0.2) is 17.6 Å². The van der Waals surface area contributed by atoms with Gasteiger partial charge in [0, 0.05) is 16.1 Å².